The van der Waals surface area contributed by atoms with E-state index >= 15 is 0 Å². The summed E-state index contributed by atoms with van der Waals surface area (Å²) in [6.45, 7) is 0. The average Bonchev–Trinajstić information content (AvgIpc) is 2.68. The van der Waals surface area contributed by atoms with Gasteiger partial charge in [0.1, 0.15) is 5.78 Å². The Bertz CT molecular complexity index is 516. The standard InChI is InChI=1S/C13H10Br2OS/c14-10-3-1-9(2-4-10)7-11(16)8-13-12(15)5-6-17-13/h1-6H,7-8H2. The van der Waals surface area contributed by atoms with Crippen LogP contribution in [0.1, 0.15) is 10.4 Å². The number of hydrogen-bond acceptors (Lipinski definition) is 2. The van der Waals surface area contributed by atoms with Crippen molar-refractivity contribution in [2.24, 2.45) is 0 Å². The summed E-state index contributed by atoms with van der Waals surface area (Å²) in [5.41, 5.74) is 1.06. The second-order valence-corrected chi connectivity index (χ2v) is 6.48. The summed E-state index contributed by atoms with van der Waals surface area (Å²) in [4.78, 5) is 13.0. The molecule has 0 aliphatic carbocycles. The van der Waals surface area contributed by atoms with Crippen LogP contribution in [0.4, 0.5) is 0 Å². The molecule has 1 aromatic carbocycles. The van der Waals surface area contributed by atoms with E-state index in [9.17, 15) is 4.79 Å². The molecule has 0 atom stereocenters. The second-order valence-electron chi connectivity index (χ2n) is 3.71. The van der Waals surface area contributed by atoms with Crippen LogP contribution < -0.4 is 0 Å². The third-order valence-corrected chi connectivity index (χ3v) is 4.82. The van der Waals surface area contributed by atoms with Crippen molar-refractivity contribution in [2.45, 2.75) is 12.8 Å². The lowest BCUT2D eigenvalue weighted by molar-refractivity contribution is -0.117. The van der Waals surface area contributed by atoms with Gasteiger partial charge in [0.15, 0.2) is 0 Å². The summed E-state index contributed by atoms with van der Waals surface area (Å²) in [6, 6.07) is 9.86. The Morgan fingerprint density at radius 1 is 1.06 bits per heavy atom. The van der Waals surface area contributed by atoms with Crippen LogP contribution in [-0.4, -0.2) is 5.78 Å². The highest BCUT2D eigenvalue weighted by Crippen LogP contribution is 2.23. The molecule has 0 aliphatic rings. The monoisotopic (exact) mass is 372 g/mol. The van der Waals surface area contributed by atoms with E-state index in [1.165, 1.54) is 0 Å². The highest BCUT2D eigenvalue weighted by Gasteiger charge is 2.09. The van der Waals surface area contributed by atoms with E-state index in [0.29, 0.717) is 12.8 Å². The first-order valence-electron chi connectivity index (χ1n) is 5.13. The molecule has 2 rings (SSSR count). The molecule has 0 N–H and O–H groups in total. The number of benzene rings is 1. The van der Waals surface area contributed by atoms with Crippen LogP contribution in [-0.2, 0) is 17.6 Å². The van der Waals surface area contributed by atoms with Crippen molar-refractivity contribution < 1.29 is 4.79 Å². The van der Waals surface area contributed by atoms with E-state index in [1.807, 2.05) is 35.7 Å². The third kappa shape index (κ3) is 3.76. The lowest BCUT2D eigenvalue weighted by Gasteiger charge is -2.01. The first kappa shape index (κ1) is 13.0. The largest absolute Gasteiger partial charge is 0.299 e. The minimum absolute atomic E-state index is 0.246. The Morgan fingerprint density at radius 3 is 2.35 bits per heavy atom. The van der Waals surface area contributed by atoms with Gasteiger partial charge in [-0.25, -0.2) is 0 Å². The van der Waals surface area contributed by atoms with Gasteiger partial charge in [-0.2, -0.15) is 0 Å². The lowest BCUT2D eigenvalue weighted by atomic mass is 10.1. The molecule has 88 valence electrons. The summed E-state index contributed by atoms with van der Waals surface area (Å²) < 4.78 is 2.07. The van der Waals surface area contributed by atoms with Crippen molar-refractivity contribution >= 4 is 49.0 Å². The summed E-state index contributed by atoms with van der Waals surface area (Å²) in [5, 5.41) is 1.99. The Hall–Kier alpha value is -0.450. The van der Waals surface area contributed by atoms with E-state index in [-0.39, 0.29) is 5.78 Å². The fourth-order valence-corrected chi connectivity index (χ4v) is 3.31. The van der Waals surface area contributed by atoms with E-state index in [4.69, 9.17) is 0 Å². The highest BCUT2D eigenvalue weighted by molar-refractivity contribution is 9.10. The van der Waals surface area contributed by atoms with Crippen molar-refractivity contribution in [1.82, 2.24) is 0 Å². The van der Waals surface area contributed by atoms with Gasteiger partial charge in [0.2, 0.25) is 0 Å². The maximum Gasteiger partial charge on any atom is 0.142 e. The van der Waals surface area contributed by atoms with Gasteiger partial charge >= 0.3 is 0 Å². The predicted molar refractivity (Wildman–Crippen MR) is 78.6 cm³/mol. The normalized spacial score (nSPS) is 10.5. The molecule has 0 saturated heterocycles. The lowest BCUT2D eigenvalue weighted by Crippen LogP contribution is -2.05. The van der Waals surface area contributed by atoms with E-state index in [1.54, 1.807) is 11.3 Å². The number of rotatable bonds is 4. The van der Waals surface area contributed by atoms with Gasteiger partial charge < -0.3 is 0 Å². The van der Waals surface area contributed by atoms with Gasteiger partial charge in [0.05, 0.1) is 0 Å². The second kappa shape index (κ2) is 5.94. The third-order valence-electron chi connectivity index (χ3n) is 2.36. The van der Waals surface area contributed by atoms with Crippen LogP contribution >= 0.6 is 43.2 Å². The van der Waals surface area contributed by atoms with Crippen LogP contribution in [0.15, 0.2) is 44.7 Å². The Kier molecular flexibility index (Phi) is 4.54. The first-order chi connectivity index (χ1) is 8.15. The van der Waals surface area contributed by atoms with Crippen LogP contribution in [0.25, 0.3) is 0 Å². The minimum Gasteiger partial charge on any atom is -0.299 e. The molecule has 4 heteroatoms. The summed E-state index contributed by atoms with van der Waals surface area (Å²) >= 11 is 8.44. The fraction of sp³-hybridized carbons (Fsp3) is 0.154. The van der Waals surface area contributed by atoms with E-state index in [2.05, 4.69) is 31.9 Å². The summed E-state index contributed by atoms with van der Waals surface area (Å²) in [6.07, 6.45) is 1.01. The van der Waals surface area contributed by atoms with Gasteiger partial charge in [-0.15, -0.1) is 11.3 Å². The molecule has 1 nitrogen and oxygen atoms in total. The van der Waals surface area contributed by atoms with Gasteiger partial charge in [-0.1, -0.05) is 28.1 Å². The van der Waals surface area contributed by atoms with Gasteiger partial charge in [-0.05, 0) is 45.1 Å². The first-order valence-corrected chi connectivity index (χ1v) is 7.60. The molecule has 0 amide bonds. The van der Waals surface area contributed by atoms with Crippen LogP contribution in [0.5, 0.6) is 0 Å². The molecular weight excluding hydrogens is 364 g/mol. The number of ketones is 1. The zero-order valence-corrected chi connectivity index (χ0v) is 12.9. The van der Waals surface area contributed by atoms with Crippen molar-refractivity contribution in [3.63, 3.8) is 0 Å². The molecule has 1 heterocycles. The molecule has 0 unspecified atom stereocenters. The Balaban J connectivity index is 1.98. The van der Waals surface area contributed by atoms with Crippen LogP contribution in [0.2, 0.25) is 0 Å². The molecule has 0 bridgehead atoms. The number of carbonyl (C=O) groups is 1. The van der Waals surface area contributed by atoms with Crippen LogP contribution in [0.3, 0.4) is 0 Å². The zero-order chi connectivity index (χ0) is 12.3. The van der Waals surface area contributed by atoms with E-state index in [0.717, 1.165) is 19.4 Å². The topological polar surface area (TPSA) is 17.1 Å². The summed E-state index contributed by atoms with van der Waals surface area (Å²) in [7, 11) is 0. The van der Waals surface area contributed by atoms with Crippen molar-refractivity contribution in [3.8, 4) is 0 Å². The quantitative estimate of drug-likeness (QED) is 0.763. The maximum absolute atomic E-state index is 11.9. The molecule has 0 fully saturated rings. The van der Waals surface area contributed by atoms with Gasteiger partial charge in [0, 0.05) is 26.7 Å². The Labute approximate surface area is 121 Å². The smallest absolute Gasteiger partial charge is 0.142 e. The molecule has 0 spiro atoms. The van der Waals surface area contributed by atoms with Crippen molar-refractivity contribution in [3.05, 3.63) is 55.1 Å². The molecule has 0 radical (unpaired) electrons. The minimum atomic E-state index is 0.246. The average molecular weight is 374 g/mol. The molecule has 1 aromatic heterocycles. The zero-order valence-electron chi connectivity index (χ0n) is 8.95. The maximum atomic E-state index is 11.9. The summed E-state index contributed by atoms with van der Waals surface area (Å²) in [5.74, 6) is 0.246. The molecule has 2 aromatic rings. The Morgan fingerprint density at radius 2 is 1.76 bits per heavy atom. The SMILES string of the molecule is O=C(Cc1ccc(Br)cc1)Cc1sccc1Br. The molecule has 17 heavy (non-hydrogen) atoms. The number of Topliss-reactive ketones (excluding diaryl/α,β-unsaturated/α-hetero) is 1. The highest BCUT2D eigenvalue weighted by atomic mass is 79.9. The fourth-order valence-electron chi connectivity index (χ4n) is 1.52. The molecule has 0 aliphatic heterocycles. The number of hydrogen-bond donors (Lipinski definition) is 0. The predicted octanol–water partition coefficient (Wildman–Crippen LogP) is 4.63. The number of thiophene rings is 1. The van der Waals surface area contributed by atoms with Gasteiger partial charge in [0.25, 0.3) is 0 Å². The molecular formula is C13H10Br2OS. The number of halogens is 2. The van der Waals surface area contributed by atoms with Crippen molar-refractivity contribution in [2.75, 3.05) is 0 Å². The van der Waals surface area contributed by atoms with E-state index < -0.39 is 0 Å². The number of carbonyl (C=O) groups excluding carboxylic acids is 1. The molecule has 0 saturated carbocycles. The van der Waals surface area contributed by atoms with Crippen LogP contribution in [0, 0.1) is 0 Å². The van der Waals surface area contributed by atoms with Crippen molar-refractivity contribution in [1.29, 1.82) is 0 Å². The van der Waals surface area contributed by atoms with Gasteiger partial charge in [-0.3, -0.25) is 4.79 Å².